The third-order valence-electron chi connectivity index (χ3n) is 5.77. The van der Waals surface area contributed by atoms with Gasteiger partial charge in [-0.25, -0.2) is 4.98 Å². The molecule has 5 aromatic carbocycles. The first-order chi connectivity index (χ1) is 15.2. The molecule has 1 aromatic heterocycles. The Kier molecular flexibility index (Phi) is 3.74. The number of aromatic hydroxyl groups is 2. The zero-order valence-corrected chi connectivity index (χ0v) is 16.5. The van der Waals surface area contributed by atoms with Crippen molar-refractivity contribution in [3.05, 3.63) is 97.1 Å². The summed E-state index contributed by atoms with van der Waals surface area (Å²) in [4.78, 5) is 5.11. The molecule has 0 aliphatic heterocycles. The Hall–Kier alpha value is -4.31. The number of imidazole rings is 1. The SMILES string of the molecule is Oc1ccc(-c2nc3c4ccccc4c4ccccc4c3n2-c2ccc(O)cc2)cc1. The van der Waals surface area contributed by atoms with Gasteiger partial charge in [-0.3, -0.25) is 4.57 Å². The van der Waals surface area contributed by atoms with Gasteiger partial charge in [0.2, 0.25) is 0 Å². The summed E-state index contributed by atoms with van der Waals surface area (Å²) in [6.07, 6.45) is 0. The monoisotopic (exact) mass is 402 g/mol. The summed E-state index contributed by atoms with van der Waals surface area (Å²) in [7, 11) is 0. The second-order valence-electron chi connectivity index (χ2n) is 7.62. The van der Waals surface area contributed by atoms with Crippen LogP contribution in [0.4, 0.5) is 0 Å². The average molecular weight is 402 g/mol. The molecule has 0 bridgehead atoms. The van der Waals surface area contributed by atoms with Crippen LogP contribution in [-0.2, 0) is 0 Å². The van der Waals surface area contributed by atoms with Crippen molar-refractivity contribution in [1.29, 1.82) is 0 Å². The first-order valence-corrected chi connectivity index (χ1v) is 10.1. The molecule has 0 fully saturated rings. The van der Waals surface area contributed by atoms with Gasteiger partial charge in [-0.15, -0.1) is 0 Å². The van der Waals surface area contributed by atoms with Crippen LogP contribution in [-0.4, -0.2) is 19.8 Å². The molecular weight excluding hydrogens is 384 g/mol. The van der Waals surface area contributed by atoms with Crippen molar-refractivity contribution in [3.8, 4) is 28.6 Å². The number of fused-ring (bicyclic) bond motifs is 6. The number of aromatic nitrogens is 2. The lowest BCUT2D eigenvalue weighted by Gasteiger charge is -2.12. The fourth-order valence-corrected chi connectivity index (χ4v) is 4.36. The van der Waals surface area contributed by atoms with Crippen LogP contribution in [0.2, 0.25) is 0 Å². The topological polar surface area (TPSA) is 58.3 Å². The molecule has 0 amide bonds. The summed E-state index contributed by atoms with van der Waals surface area (Å²) in [5.74, 6) is 1.21. The molecule has 4 nitrogen and oxygen atoms in total. The second kappa shape index (κ2) is 6.61. The third kappa shape index (κ3) is 2.66. The minimum Gasteiger partial charge on any atom is -0.508 e. The van der Waals surface area contributed by atoms with E-state index in [1.54, 1.807) is 24.3 Å². The minimum atomic E-state index is 0.215. The standard InChI is InChI=1S/C27H18N2O2/c30-19-13-9-17(10-14-19)27-28-25-23-7-3-1-5-21(23)22-6-2-4-8-24(22)26(25)29(27)18-11-15-20(31)16-12-18/h1-16,30-31H. The van der Waals surface area contributed by atoms with Crippen molar-refractivity contribution in [2.75, 3.05) is 0 Å². The van der Waals surface area contributed by atoms with E-state index in [0.717, 1.165) is 38.9 Å². The summed E-state index contributed by atoms with van der Waals surface area (Å²) < 4.78 is 2.13. The second-order valence-corrected chi connectivity index (χ2v) is 7.62. The van der Waals surface area contributed by atoms with E-state index in [1.807, 2.05) is 36.4 Å². The van der Waals surface area contributed by atoms with Crippen LogP contribution in [0.25, 0.3) is 49.7 Å². The number of rotatable bonds is 2. The molecule has 0 radical (unpaired) electrons. The summed E-state index contributed by atoms with van der Waals surface area (Å²) in [6, 6.07) is 31.0. The number of phenolic OH excluding ortho intramolecular Hbond substituents is 2. The van der Waals surface area contributed by atoms with E-state index in [2.05, 4.69) is 41.0 Å². The smallest absolute Gasteiger partial charge is 0.145 e. The number of hydrogen-bond acceptors (Lipinski definition) is 3. The highest BCUT2D eigenvalue weighted by atomic mass is 16.3. The van der Waals surface area contributed by atoms with Gasteiger partial charge in [-0.2, -0.15) is 0 Å². The molecule has 0 saturated carbocycles. The maximum atomic E-state index is 9.84. The molecule has 0 atom stereocenters. The highest BCUT2D eigenvalue weighted by Crippen LogP contribution is 2.39. The lowest BCUT2D eigenvalue weighted by Crippen LogP contribution is -1.98. The normalized spacial score (nSPS) is 11.5. The number of phenols is 2. The van der Waals surface area contributed by atoms with Gasteiger partial charge in [0.1, 0.15) is 17.3 Å². The predicted octanol–water partition coefficient (Wildman–Crippen LogP) is 6.41. The molecule has 6 rings (SSSR count). The quantitative estimate of drug-likeness (QED) is 0.329. The molecule has 1 heterocycles. The Labute approximate surface area is 178 Å². The van der Waals surface area contributed by atoms with Gasteiger partial charge >= 0.3 is 0 Å². The zero-order valence-electron chi connectivity index (χ0n) is 16.5. The molecule has 148 valence electrons. The summed E-state index contributed by atoms with van der Waals surface area (Å²) in [5, 5.41) is 24.2. The van der Waals surface area contributed by atoms with E-state index in [0.29, 0.717) is 0 Å². The van der Waals surface area contributed by atoms with Crippen molar-refractivity contribution in [2.45, 2.75) is 0 Å². The van der Waals surface area contributed by atoms with Crippen molar-refractivity contribution >= 4 is 32.6 Å². The maximum absolute atomic E-state index is 9.84. The lowest BCUT2D eigenvalue weighted by molar-refractivity contribution is 0.474. The average Bonchev–Trinajstić information content (AvgIpc) is 3.21. The molecule has 0 saturated heterocycles. The Morgan fingerprint density at radius 3 is 1.71 bits per heavy atom. The van der Waals surface area contributed by atoms with Crippen LogP contribution < -0.4 is 0 Å². The maximum Gasteiger partial charge on any atom is 0.145 e. The van der Waals surface area contributed by atoms with E-state index in [4.69, 9.17) is 4.98 Å². The van der Waals surface area contributed by atoms with Crippen molar-refractivity contribution in [3.63, 3.8) is 0 Å². The number of hydrogen-bond donors (Lipinski definition) is 2. The first kappa shape index (κ1) is 17.5. The molecule has 4 heteroatoms. The van der Waals surface area contributed by atoms with Gasteiger partial charge in [0.25, 0.3) is 0 Å². The molecule has 0 spiro atoms. The van der Waals surface area contributed by atoms with Crippen molar-refractivity contribution in [1.82, 2.24) is 9.55 Å². The van der Waals surface area contributed by atoms with Gasteiger partial charge in [-0.1, -0.05) is 48.5 Å². The fraction of sp³-hybridized carbons (Fsp3) is 0. The molecule has 0 unspecified atom stereocenters. The molecule has 31 heavy (non-hydrogen) atoms. The Bertz CT molecular complexity index is 1580. The van der Waals surface area contributed by atoms with Crippen LogP contribution in [0, 0.1) is 0 Å². The number of nitrogens with zero attached hydrogens (tertiary/aromatic N) is 2. The lowest BCUT2D eigenvalue weighted by atomic mass is 10.00. The van der Waals surface area contributed by atoms with Crippen LogP contribution in [0.3, 0.4) is 0 Å². The molecular formula is C27H18N2O2. The van der Waals surface area contributed by atoms with Gasteiger partial charge in [0.05, 0.1) is 11.0 Å². The van der Waals surface area contributed by atoms with E-state index < -0.39 is 0 Å². The highest BCUT2D eigenvalue weighted by molar-refractivity contribution is 6.24. The molecule has 6 aromatic rings. The Morgan fingerprint density at radius 2 is 1.06 bits per heavy atom. The van der Waals surface area contributed by atoms with Crippen LogP contribution >= 0.6 is 0 Å². The van der Waals surface area contributed by atoms with Crippen LogP contribution in [0.15, 0.2) is 97.1 Å². The summed E-state index contributed by atoms with van der Waals surface area (Å²) in [6.45, 7) is 0. The van der Waals surface area contributed by atoms with E-state index in [9.17, 15) is 10.2 Å². The van der Waals surface area contributed by atoms with Crippen molar-refractivity contribution in [2.24, 2.45) is 0 Å². The van der Waals surface area contributed by atoms with E-state index >= 15 is 0 Å². The molecule has 2 N–H and O–H groups in total. The fourth-order valence-electron chi connectivity index (χ4n) is 4.36. The van der Waals surface area contributed by atoms with Crippen LogP contribution in [0.5, 0.6) is 11.5 Å². The highest BCUT2D eigenvalue weighted by Gasteiger charge is 2.19. The minimum absolute atomic E-state index is 0.215. The van der Waals surface area contributed by atoms with E-state index in [-0.39, 0.29) is 11.5 Å². The largest absolute Gasteiger partial charge is 0.508 e. The van der Waals surface area contributed by atoms with Crippen LogP contribution in [0.1, 0.15) is 0 Å². The molecule has 0 aliphatic rings. The Morgan fingerprint density at radius 1 is 0.548 bits per heavy atom. The first-order valence-electron chi connectivity index (χ1n) is 10.1. The van der Waals surface area contributed by atoms with Crippen molar-refractivity contribution < 1.29 is 10.2 Å². The van der Waals surface area contributed by atoms with E-state index in [1.165, 1.54) is 10.8 Å². The summed E-state index contributed by atoms with van der Waals surface area (Å²) >= 11 is 0. The van der Waals surface area contributed by atoms with Gasteiger partial charge in [0, 0.05) is 22.0 Å². The zero-order chi connectivity index (χ0) is 20.9. The third-order valence-corrected chi connectivity index (χ3v) is 5.77. The van der Waals surface area contributed by atoms with Gasteiger partial charge in [0.15, 0.2) is 0 Å². The predicted molar refractivity (Wildman–Crippen MR) is 125 cm³/mol. The van der Waals surface area contributed by atoms with Gasteiger partial charge < -0.3 is 10.2 Å². The van der Waals surface area contributed by atoms with Gasteiger partial charge in [-0.05, 0) is 59.3 Å². The number of benzene rings is 5. The molecule has 0 aliphatic carbocycles. The summed E-state index contributed by atoms with van der Waals surface area (Å²) in [5.41, 5.74) is 3.74. The Balaban J connectivity index is 1.85.